The number of nitro groups is 1. The summed E-state index contributed by atoms with van der Waals surface area (Å²) in [5.74, 6) is 0.854. The molecule has 1 atom stereocenters. The van der Waals surface area contributed by atoms with Gasteiger partial charge in [-0.3, -0.25) is 15.0 Å². The average molecular weight is 262 g/mol. The van der Waals surface area contributed by atoms with Crippen molar-refractivity contribution in [3.05, 3.63) is 28.4 Å². The minimum atomic E-state index is -0.409. The first-order valence-electron chi connectivity index (χ1n) is 6.83. The van der Waals surface area contributed by atoms with Crippen LogP contribution in [0.1, 0.15) is 19.3 Å². The molecule has 3 rings (SSSR count). The molecule has 2 fully saturated rings. The first kappa shape index (κ1) is 12.3. The fourth-order valence-electron chi connectivity index (χ4n) is 3.03. The molecule has 2 aliphatic heterocycles. The Hall–Kier alpha value is -1.69. The van der Waals surface area contributed by atoms with E-state index in [1.54, 1.807) is 6.07 Å². The monoisotopic (exact) mass is 262 g/mol. The third-order valence-corrected chi connectivity index (χ3v) is 4.09. The lowest BCUT2D eigenvalue weighted by Gasteiger charge is -2.23. The fraction of sp³-hybridized carbons (Fsp3) is 0.615. The van der Waals surface area contributed by atoms with Gasteiger partial charge < -0.3 is 4.90 Å². The molecule has 2 saturated heterocycles. The Morgan fingerprint density at radius 1 is 1.26 bits per heavy atom. The molecule has 1 aromatic rings. The molecule has 2 aliphatic rings. The van der Waals surface area contributed by atoms with Gasteiger partial charge in [0.05, 0.1) is 4.92 Å². The van der Waals surface area contributed by atoms with Crippen LogP contribution < -0.4 is 4.90 Å². The van der Waals surface area contributed by atoms with Crippen LogP contribution in [0.4, 0.5) is 11.5 Å². The van der Waals surface area contributed by atoms with Crippen LogP contribution in [0.2, 0.25) is 0 Å². The second-order valence-electron chi connectivity index (χ2n) is 5.26. The summed E-state index contributed by atoms with van der Waals surface area (Å²) >= 11 is 0. The lowest BCUT2D eigenvalue weighted by Crippen LogP contribution is -2.35. The average Bonchev–Trinajstić information content (AvgIpc) is 3.10. The minimum absolute atomic E-state index is 0.0547. The van der Waals surface area contributed by atoms with E-state index in [1.165, 1.54) is 44.6 Å². The van der Waals surface area contributed by atoms with Crippen molar-refractivity contribution in [3.63, 3.8) is 0 Å². The van der Waals surface area contributed by atoms with Gasteiger partial charge in [0.25, 0.3) is 5.69 Å². The van der Waals surface area contributed by atoms with Crippen molar-refractivity contribution in [2.24, 2.45) is 0 Å². The maximum Gasteiger partial charge on any atom is 0.287 e. The second kappa shape index (κ2) is 5.13. The van der Waals surface area contributed by atoms with Crippen LogP contribution in [0, 0.1) is 10.1 Å². The molecule has 0 radical (unpaired) electrons. The molecular weight excluding hydrogens is 244 g/mol. The van der Waals surface area contributed by atoms with E-state index in [2.05, 4.69) is 14.8 Å². The SMILES string of the molecule is O=[N+]([O-])c1ccc(N2CCC(N3CCCC3)C2)nc1. The predicted octanol–water partition coefficient (Wildman–Crippen LogP) is 1.66. The summed E-state index contributed by atoms with van der Waals surface area (Å²) in [5.41, 5.74) is 0.0547. The highest BCUT2D eigenvalue weighted by molar-refractivity contribution is 5.44. The van der Waals surface area contributed by atoms with Gasteiger partial charge in [0.2, 0.25) is 0 Å². The second-order valence-corrected chi connectivity index (χ2v) is 5.26. The first-order valence-corrected chi connectivity index (χ1v) is 6.83. The van der Waals surface area contributed by atoms with Crippen molar-refractivity contribution in [1.29, 1.82) is 0 Å². The van der Waals surface area contributed by atoms with Gasteiger partial charge in [0, 0.05) is 25.2 Å². The molecule has 0 aliphatic carbocycles. The van der Waals surface area contributed by atoms with E-state index < -0.39 is 4.92 Å². The zero-order chi connectivity index (χ0) is 13.2. The Bertz CT molecular complexity index is 456. The maximum atomic E-state index is 10.6. The number of hydrogen-bond donors (Lipinski definition) is 0. The topological polar surface area (TPSA) is 62.5 Å². The van der Waals surface area contributed by atoms with E-state index in [-0.39, 0.29) is 5.69 Å². The fourth-order valence-corrected chi connectivity index (χ4v) is 3.03. The quantitative estimate of drug-likeness (QED) is 0.612. The van der Waals surface area contributed by atoms with Gasteiger partial charge in [-0.25, -0.2) is 4.98 Å². The van der Waals surface area contributed by atoms with Crippen LogP contribution in [0.15, 0.2) is 18.3 Å². The maximum absolute atomic E-state index is 10.6. The van der Waals surface area contributed by atoms with Crippen molar-refractivity contribution in [2.75, 3.05) is 31.1 Å². The van der Waals surface area contributed by atoms with Crippen LogP contribution in [0.5, 0.6) is 0 Å². The zero-order valence-corrected chi connectivity index (χ0v) is 10.9. The number of hydrogen-bond acceptors (Lipinski definition) is 5. The summed E-state index contributed by atoms with van der Waals surface area (Å²) in [6.45, 7) is 4.41. The van der Waals surface area contributed by atoms with Gasteiger partial charge in [-0.1, -0.05) is 0 Å². The molecule has 102 valence electrons. The van der Waals surface area contributed by atoms with Gasteiger partial charge in [0.15, 0.2) is 0 Å². The lowest BCUT2D eigenvalue weighted by molar-refractivity contribution is -0.385. The Balaban J connectivity index is 1.65. The summed E-state index contributed by atoms with van der Waals surface area (Å²) < 4.78 is 0. The Morgan fingerprint density at radius 3 is 2.68 bits per heavy atom. The van der Waals surface area contributed by atoms with Gasteiger partial charge in [-0.05, 0) is 38.4 Å². The molecule has 0 spiro atoms. The molecule has 3 heterocycles. The van der Waals surface area contributed by atoms with Crippen molar-refractivity contribution < 1.29 is 4.92 Å². The van der Waals surface area contributed by atoms with Crippen molar-refractivity contribution in [2.45, 2.75) is 25.3 Å². The normalized spacial score (nSPS) is 24.0. The highest BCUT2D eigenvalue weighted by atomic mass is 16.6. The summed E-state index contributed by atoms with van der Waals surface area (Å²) in [7, 11) is 0. The number of likely N-dealkylation sites (tertiary alicyclic amines) is 1. The molecule has 6 heteroatoms. The number of aromatic nitrogens is 1. The van der Waals surface area contributed by atoms with Crippen molar-refractivity contribution >= 4 is 11.5 Å². The van der Waals surface area contributed by atoms with E-state index >= 15 is 0 Å². The van der Waals surface area contributed by atoms with Gasteiger partial charge in [0.1, 0.15) is 12.0 Å². The molecule has 0 N–H and O–H groups in total. The van der Waals surface area contributed by atoms with Gasteiger partial charge >= 0.3 is 0 Å². The first-order chi connectivity index (χ1) is 9.24. The van der Waals surface area contributed by atoms with Crippen LogP contribution >= 0.6 is 0 Å². The van der Waals surface area contributed by atoms with Crippen molar-refractivity contribution in [3.8, 4) is 0 Å². The van der Waals surface area contributed by atoms with Crippen LogP contribution in [0.3, 0.4) is 0 Å². The third-order valence-electron chi connectivity index (χ3n) is 4.09. The summed E-state index contributed by atoms with van der Waals surface area (Å²) in [6, 6.07) is 3.91. The van der Waals surface area contributed by atoms with Crippen LogP contribution in [0.25, 0.3) is 0 Å². The van der Waals surface area contributed by atoms with Crippen LogP contribution in [-0.4, -0.2) is 47.0 Å². The molecule has 19 heavy (non-hydrogen) atoms. The highest BCUT2D eigenvalue weighted by Gasteiger charge is 2.29. The van der Waals surface area contributed by atoms with E-state index in [9.17, 15) is 10.1 Å². The number of pyridine rings is 1. The number of anilines is 1. The van der Waals surface area contributed by atoms with E-state index in [0.29, 0.717) is 6.04 Å². The van der Waals surface area contributed by atoms with E-state index in [0.717, 1.165) is 18.9 Å². The van der Waals surface area contributed by atoms with Crippen molar-refractivity contribution in [1.82, 2.24) is 9.88 Å². The van der Waals surface area contributed by atoms with Crippen LogP contribution in [-0.2, 0) is 0 Å². The van der Waals surface area contributed by atoms with E-state index in [4.69, 9.17) is 0 Å². The number of rotatable bonds is 3. The molecule has 1 aromatic heterocycles. The smallest absolute Gasteiger partial charge is 0.287 e. The Kier molecular flexibility index (Phi) is 3.33. The predicted molar refractivity (Wildman–Crippen MR) is 72.3 cm³/mol. The Labute approximate surface area is 112 Å². The molecule has 0 amide bonds. The highest BCUT2D eigenvalue weighted by Crippen LogP contribution is 2.24. The summed E-state index contributed by atoms with van der Waals surface area (Å²) in [4.78, 5) is 19.2. The molecule has 6 nitrogen and oxygen atoms in total. The third kappa shape index (κ3) is 2.53. The molecule has 0 saturated carbocycles. The van der Waals surface area contributed by atoms with E-state index in [1.807, 2.05) is 0 Å². The molecule has 0 bridgehead atoms. The lowest BCUT2D eigenvalue weighted by atomic mass is 10.2. The molecular formula is C13H18N4O2. The van der Waals surface area contributed by atoms with Gasteiger partial charge in [-0.15, -0.1) is 0 Å². The standard InChI is InChI=1S/C13H18N4O2/c18-17(19)11-3-4-13(14-9-11)16-8-5-12(10-16)15-6-1-2-7-15/h3-4,9,12H,1-2,5-8,10H2. The Morgan fingerprint density at radius 2 is 2.05 bits per heavy atom. The molecule has 1 unspecified atom stereocenters. The summed E-state index contributed by atoms with van der Waals surface area (Å²) in [6.07, 6.45) is 5.13. The zero-order valence-electron chi connectivity index (χ0n) is 10.9. The molecule has 0 aromatic carbocycles. The number of nitrogens with zero attached hydrogens (tertiary/aromatic N) is 4. The largest absolute Gasteiger partial charge is 0.355 e. The summed E-state index contributed by atoms with van der Waals surface area (Å²) in [5, 5.41) is 10.6. The van der Waals surface area contributed by atoms with Gasteiger partial charge in [-0.2, -0.15) is 0 Å². The minimum Gasteiger partial charge on any atom is -0.355 e.